The third-order valence-electron chi connectivity index (χ3n) is 3.15. The van der Waals surface area contributed by atoms with E-state index < -0.39 is 21.6 Å². The van der Waals surface area contributed by atoms with Crippen LogP contribution in [0.4, 0.5) is 11.4 Å². The van der Waals surface area contributed by atoms with Crippen LogP contribution in [0.2, 0.25) is 0 Å². The van der Waals surface area contributed by atoms with Crippen molar-refractivity contribution in [2.24, 2.45) is 0 Å². The van der Waals surface area contributed by atoms with Gasteiger partial charge in [0.25, 0.3) is 0 Å². The van der Waals surface area contributed by atoms with Gasteiger partial charge in [0.1, 0.15) is 0 Å². The Labute approximate surface area is 116 Å². The van der Waals surface area contributed by atoms with Gasteiger partial charge in [-0.2, -0.15) is 0 Å². The van der Waals surface area contributed by atoms with Gasteiger partial charge in [-0.15, -0.1) is 11.6 Å². The fraction of sp³-hybridized carbons (Fsp3) is 0.455. The molecule has 3 atom stereocenters. The van der Waals surface area contributed by atoms with Gasteiger partial charge in [0.15, 0.2) is 9.84 Å². The molecule has 19 heavy (non-hydrogen) atoms. The third-order valence-corrected chi connectivity index (χ3v) is 5.52. The van der Waals surface area contributed by atoms with Crippen LogP contribution in [0.3, 0.4) is 0 Å². The van der Waals surface area contributed by atoms with Gasteiger partial charge in [-0.1, -0.05) is 12.1 Å². The Balaban J connectivity index is 1.67. The maximum atomic E-state index is 11.5. The van der Waals surface area contributed by atoms with Crippen molar-refractivity contribution >= 4 is 32.8 Å². The van der Waals surface area contributed by atoms with E-state index in [-0.39, 0.29) is 17.5 Å². The number of nitrogens with one attached hydrogen (secondary N) is 3. The van der Waals surface area contributed by atoms with E-state index in [1.807, 2.05) is 24.3 Å². The van der Waals surface area contributed by atoms with Crippen molar-refractivity contribution in [3.8, 4) is 0 Å². The van der Waals surface area contributed by atoms with E-state index in [4.69, 9.17) is 16.4 Å². The Kier molecular flexibility index (Phi) is 3.30. The van der Waals surface area contributed by atoms with Crippen LogP contribution in [-0.4, -0.2) is 37.7 Å². The molecule has 6 nitrogen and oxygen atoms in total. The first kappa shape index (κ1) is 13.0. The highest BCUT2D eigenvalue weighted by atomic mass is 35.5. The number of halogens is 1. The molecule has 2 heterocycles. The number of alkyl halides is 1. The van der Waals surface area contributed by atoms with Crippen molar-refractivity contribution < 1.29 is 13.3 Å². The first-order chi connectivity index (χ1) is 9.03. The SMILES string of the molecule is O=S1(=O)C[C@H](N[C@H]2Nc3ccccc3NO2)[C@@H](Cl)C1. The molecule has 0 unspecified atom stereocenters. The Morgan fingerprint density at radius 1 is 1.26 bits per heavy atom. The van der Waals surface area contributed by atoms with Gasteiger partial charge in [-0.25, -0.2) is 13.3 Å². The molecule has 0 saturated carbocycles. The van der Waals surface area contributed by atoms with Gasteiger partial charge >= 0.3 is 0 Å². The summed E-state index contributed by atoms with van der Waals surface area (Å²) in [6, 6.07) is 7.26. The first-order valence-corrected chi connectivity index (χ1v) is 8.17. The molecule has 1 fully saturated rings. The predicted molar refractivity (Wildman–Crippen MR) is 73.8 cm³/mol. The fourth-order valence-electron chi connectivity index (χ4n) is 2.22. The summed E-state index contributed by atoms with van der Waals surface area (Å²) >= 11 is 6.04. The molecule has 1 aromatic carbocycles. The standard InChI is InChI=1S/C11H14ClN3O3S/c12-7-5-19(16,17)6-10(7)14-11-13-8-3-1-2-4-9(8)15-18-11/h1-4,7,10-11,13-15H,5-6H2/t7-,10-,11+/m0/s1. The summed E-state index contributed by atoms with van der Waals surface area (Å²) in [6.07, 6.45) is -0.519. The number of benzene rings is 1. The summed E-state index contributed by atoms with van der Waals surface area (Å²) in [4.78, 5) is 5.36. The zero-order valence-electron chi connectivity index (χ0n) is 9.97. The highest BCUT2D eigenvalue weighted by Crippen LogP contribution is 2.26. The van der Waals surface area contributed by atoms with E-state index >= 15 is 0 Å². The lowest BCUT2D eigenvalue weighted by molar-refractivity contribution is 0.0802. The van der Waals surface area contributed by atoms with Crippen molar-refractivity contribution in [1.29, 1.82) is 0 Å². The first-order valence-electron chi connectivity index (χ1n) is 5.91. The minimum Gasteiger partial charge on any atom is -0.344 e. The van der Waals surface area contributed by atoms with E-state index in [2.05, 4.69) is 16.1 Å². The minimum absolute atomic E-state index is 0.00293. The van der Waals surface area contributed by atoms with Crippen LogP contribution in [0.15, 0.2) is 24.3 Å². The van der Waals surface area contributed by atoms with Crippen molar-refractivity contribution in [3.63, 3.8) is 0 Å². The number of sulfone groups is 1. The summed E-state index contributed by atoms with van der Waals surface area (Å²) in [7, 11) is -3.05. The molecule has 0 aliphatic carbocycles. The van der Waals surface area contributed by atoms with E-state index in [1.54, 1.807) is 0 Å². The molecule has 0 spiro atoms. The van der Waals surface area contributed by atoms with Crippen LogP contribution in [0.1, 0.15) is 0 Å². The van der Waals surface area contributed by atoms with Crippen LogP contribution < -0.4 is 16.1 Å². The van der Waals surface area contributed by atoms with Gasteiger partial charge < -0.3 is 5.32 Å². The molecule has 3 N–H and O–H groups in total. The number of para-hydroxylation sites is 2. The van der Waals surface area contributed by atoms with Gasteiger partial charge in [0.05, 0.1) is 28.3 Å². The van der Waals surface area contributed by atoms with E-state index in [0.29, 0.717) is 0 Å². The number of hydrogen-bond donors (Lipinski definition) is 3. The molecular weight excluding hydrogens is 290 g/mol. The average Bonchev–Trinajstić information content (AvgIpc) is 2.62. The van der Waals surface area contributed by atoms with Gasteiger partial charge in [-0.05, 0) is 12.1 Å². The highest BCUT2D eigenvalue weighted by Gasteiger charge is 2.38. The number of anilines is 2. The highest BCUT2D eigenvalue weighted by molar-refractivity contribution is 7.91. The molecule has 2 aliphatic heterocycles. The summed E-state index contributed by atoms with van der Waals surface area (Å²) in [5, 5.41) is 5.74. The van der Waals surface area contributed by atoms with Crippen LogP contribution in [0.25, 0.3) is 0 Å². The maximum Gasteiger partial charge on any atom is 0.209 e. The summed E-state index contributed by atoms with van der Waals surface area (Å²) in [5.74, 6) is 0.0350. The van der Waals surface area contributed by atoms with Crippen LogP contribution in [0.5, 0.6) is 0 Å². The molecule has 2 aliphatic rings. The van der Waals surface area contributed by atoms with E-state index in [1.165, 1.54) is 0 Å². The third kappa shape index (κ3) is 2.79. The van der Waals surface area contributed by atoms with Crippen molar-refractivity contribution in [2.75, 3.05) is 22.3 Å². The lowest BCUT2D eigenvalue weighted by Gasteiger charge is -2.30. The van der Waals surface area contributed by atoms with Gasteiger partial charge in [0.2, 0.25) is 6.35 Å². The molecule has 1 saturated heterocycles. The molecule has 0 radical (unpaired) electrons. The summed E-state index contributed by atoms with van der Waals surface area (Å²) in [6.45, 7) is 0. The normalized spacial score (nSPS) is 32.2. The van der Waals surface area contributed by atoms with Crippen molar-refractivity contribution in [1.82, 2.24) is 5.32 Å². The molecule has 3 rings (SSSR count). The molecule has 104 valence electrons. The number of hydrogen-bond acceptors (Lipinski definition) is 6. The lowest BCUT2D eigenvalue weighted by Crippen LogP contribution is -2.50. The van der Waals surface area contributed by atoms with Crippen molar-refractivity contribution in [2.45, 2.75) is 17.8 Å². The van der Waals surface area contributed by atoms with E-state index in [9.17, 15) is 8.42 Å². The fourth-order valence-corrected chi connectivity index (χ4v) is 4.79. The average molecular weight is 304 g/mol. The molecule has 1 aromatic rings. The summed E-state index contributed by atoms with van der Waals surface area (Å²) in [5.41, 5.74) is 4.53. The quantitative estimate of drug-likeness (QED) is 0.699. The smallest absolute Gasteiger partial charge is 0.209 e. The maximum absolute atomic E-state index is 11.5. The van der Waals surface area contributed by atoms with Crippen LogP contribution >= 0.6 is 11.6 Å². The topological polar surface area (TPSA) is 79.5 Å². The van der Waals surface area contributed by atoms with E-state index in [0.717, 1.165) is 11.4 Å². The number of fused-ring (bicyclic) bond motifs is 1. The largest absolute Gasteiger partial charge is 0.344 e. The van der Waals surface area contributed by atoms with Crippen molar-refractivity contribution in [3.05, 3.63) is 24.3 Å². The predicted octanol–water partition coefficient (Wildman–Crippen LogP) is 0.733. The molecular formula is C11H14ClN3O3S. The minimum atomic E-state index is -3.05. The molecule has 0 aromatic heterocycles. The molecule has 0 amide bonds. The van der Waals surface area contributed by atoms with Gasteiger partial charge in [-0.3, -0.25) is 10.8 Å². The zero-order chi connectivity index (χ0) is 13.5. The summed E-state index contributed by atoms with van der Waals surface area (Å²) < 4.78 is 23.0. The Morgan fingerprint density at radius 2 is 2.00 bits per heavy atom. The van der Waals surface area contributed by atoms with Crippen LogP contribution in [0, 0.1) is 0 Å². The zero-order valence-corrected chi connectivity index (χ0v) is 11.5. The van der Waals surface area contributed by atoms with Gasteiger partial charge in [0, 0.05) is 6.04 Å². The second kappa shape index (κ2) is 4.82. The molecule has 8 heteroatoms. The Morgan fingerprint density at radius 3 is 2.68 bits per heavy atom. The Hall–Kier alpha value is -1.02. The Bertz CT molecular complexity index is 580. The van der Waals surface area contributed by atoms with Crippen LogP contribution in [-0.2, 0) is 14.7 Å². The molecule has 0 bridgehead atoms. The lowest BCUT2D eigenvalue weighted by atomic mass is 10.2. The number of rotatable bonds is 2. The second-order valence-electron chi connectivity index (χ2n) is 4.66. The monoisotopic (exact) mass is 303 g/mol. The second-order valence-corrected chi connectivity index (χ2v) is 7.37.